The first kappa shape index (κ1) is 17.3. The van der Waals surface area contributed by atoms with E-state index in [1.807, 2.05) is 23.9 Å². The van der Waals surface area contributed by atoms with E-state index in [1.54, 1.807) is 0 Å². The summed E-state index contributed by atoms with van der Waals surface area (Å²) in [5, 5.41) is 5.41. The molecule has 0 fully saturated rings. The maximum absolute atomic E-state index is 11.0. The average molecular weight is 268 g/mol. The molecule has 2 amide bonds. The topological polar surface area (TPSA) is 64.7 Å². The number of amides is 2. The lowest BCUT2D eigenvalue weighted by Crippen LogP contribution is -2.38. The lowest BCUT2D eigenvalue weighted by Gasteiger charge is -2.20. The number of carbonyl (C=O) groups is 2. The predicted molar refractivity (Wildman–Crippen MR) is 76.3 cm³/mol. The van der Waals surface area contributed by atoms with Crippen LogP contribution in [0.3, 0.4) is 0 Å². The van der Waals surface area contributed by atoms with Gasteiger partial charge in [0.05, 0.1) is 13.3 Å². The standard InChI is InChI=1S/C13H24N4O2/c1-5-12(18)14-10-16(3)8-7-9-17(4)11-15-13(19)6-2/h5-6H,1-2,7-11H2,3-4H3,(H,14,18)(H,15,19). The Labute approximate surface area is 115 Å². The van der Waals surface area contributed by atoms with E-state index in [4.69, 9.17) is 0 Å². The van der Waals surface area contributed by atoms with Gasteiger partial charge in [-0.2, -0.15) is 0 Å². The first-order valence-electron chi connectivity index (χ1n) is 6.17. The molecule has 0 radical (unpaired) electrons. The largest absolute Gasteiger partial charge is 0.340 e. The van der Waals surface area contributed by atoms with Gasteiger partial charge in [0.25, 0.3) is 0 Å². The van der Waals surface area contributed by atoms with Crippen LogP contribution in [0.15, 0.2) is 25.3 Å². The number of rotatable bonds is 10. The maximum atomic E-state index is 11.0. The molecule has 0 unspecified atom stereocenters. The molecule has 6 heteroatoms. The maximum Gasteiger partial charge on any atom is 0.244 e. The van der Waals surface area contributed by atoms with Gasteiger partial charge < -0.3 is 10.6 Å². The molecule has 0 saturated carbocycles. The van der Waals surface area contributed by atoms with Gasteiger partial charge in [0.15, 0.2) is 0 Å². The number of carbonyl (C=O) groups excluding carboxylic acids is 2. The minimum atomic E-state index is -0.170. The Balaban J connectivity index is 3.60. The van der Waals surface area contributed by atoms with E-state index in [0.29, 0.717) is 13.3 Å². The van der Waals surface area contributed by atoms with Gasteiger partial charge in [0, 0.05) is 13.1 Å². The molecule has 19 heavy (non-hydrogen) atoms. The zero-order valence-electron chi connectivity index (χ0n) is 11.8. The molecular weight excluding hydrogens is 244 g/mol. The highest BCUT2D eigenvalue weighted by molar-refractivity contribution is 5.87. The molecule has 0 aromatic heterocycles. The molecule has 0 aromatic carbocycles. The van der Waals surface area contributed by atoms with Gasteiger partial charge in [-0.05, 0) is 32.7 Å². The van der Waals surface area contributed by atoms with Crippen molar-refractivity contribution in [1.82, 2.24) is 20.4 Å². The summed E-state index contributed by atoms with van der Waals surface area (Å²) >= 11 is 0. The van der Waals surface area contributed by atoms with E-state index in [-0.39, 0.29) is 11.8 Å². The van der Waals surface area contributed by atoms with Crippen LogP contribution in [0.1, 0.15) is 6.42 Å². The number of hydrogen-bond donors (Lipinski definition) is 2. The van der Waals surface area contributed by atoms with Gasteiger partial charge in [0.2, 0.25) is 11.8 Å². The molecule has 0 atom stereocenters. The van der Waals surface area contributed by atoms with Gasteiger partial charge in [-0.3, -0.25) is 19.4 Å². The van der Waals surface area contributed by atoms with Crippen molar-refractivity contribution in [2.75, 3.05) is 40.5 Å². The van der Waals surface area contributed by atoms with E-state index in [2.05, 4.69) is 23.8 Å². The van der Waals surface area contributed by atoms with Crippen molar-refractivity contribution in [2.24, 2.45) is 0 Å². The Bertz CT molecular complexity index is 288. The van der Waals surface area contributed by atoms with Crippen LogP contribution in [-0.4, -0.2) is 62.1 Å². The van der Waals surface area contributed by atoms with Crippen LogP contribution >= 0.6 is 0 Å². The number of nitrogens with zero attached hydrogens (tertiary/aromatic N) is 2. The van der Waals surface area contributed by atoms with Crippen LogP contribution in [-0.2, 0) is 9.59 Å². The smallest absolute Gasteiger partial charge is 0.244 e. The summed E-state index contributed by atoms with van der Waals surface area (Å²) < 4.78 is 0. The van der Waals surface area contributed by atoms with Crippen molar-refractivity contribution in [3.8, 4) is 0 Å². The fourth-order valence-electron chi connectivity index (χ4n) is 1.34. The van der Waals surface area contributed by atoms with Crippen molar-refractivity contribution in [3.63, 3.8) is 0 Å². The molecule has 0 heterocycles. The highest BCUT2D eigenvalue weighted by Gasteiger charge is 2.02. The Morgan fingerprint density at radius 2 is 1.32 bits per heavy atom. The Morgan fingerprint density at radius 3 is 1.63 bits per heavy atom. The zero-order chi connectivity index (χ0) is 14.7. The minimum absolute atomic E-state index is 0.170. The van der Waals surface area contributed by atoms with E-state index >= 15 is 0 Å². The lowest BCUT2D eigenvalue weighted by molar-refractivity contribution is -0.117. The quantitative estimate of drug-likeness (QED) is 0.424. The molecule has 108 valence electrons. The summed E-state index contributed by atoms with van der Waals surface area (Å²) in [5.74, 6) is -0.341. The van der Waals surface area contributed by atoms with Crippen LogP contribution in [0.2, 0.25) is 0 Å². The second kappa shape index (κ2) is 10.3. The summed E-state index contributed by atoms with van der Waals surface area (Å²) in [7, 11) is 3.87. The second-order valence-electron chi connectivity index (χ2n) is 4.32. The fraction of sp³-hybridized carbons (Fsp3) is 0.538. The van der Waals surface area contributed by atoms with Crippen LogP contribution in [0.4, 0.5) is 0 Å². The van der Waals surface area contributed by atoms with E-state index < -0.39 is 0 Å². The highest BCUT2D eigenvalue weighted by Crippen LogP contribution is 1.89. The number of hydrogen-bond acceptors (Lipinski definition) is 4. The summed E-state index contributed by atoms with van der Waals surface area (Å²) in [6, 6.07) is 0. The van der Waals surface area contributed by atoms with Gasteiger partial charge in [-0.15, -0.1) is 0 Å². The monoisotopic (exact) mass is 268 g/mol. The van der Waals surface area contributed by atoms with E-state index in [1.165, 1.54) is 12.2 Å². The van der Waals surface area contributed by atoms with Gasteiger partial charge in [-0.25, -0.2) is 0 Å². The Kier molecular flexibility index (Phi) is 9.38. The summed E-state index contributed by atoms with van der Waals surface area (Å²) in [5.41, 5.74) is 0. The number of nitrogens with one attached hydrogen (secondary N) is 2. The Hall–Kier alpha value is -1.66. The van der Waals surface area contributed by atoms with Crippen LogP contribution in [0.25, 0.3) is 0 Å². The molecule has 0 aliphatic carbocycles. The lowest BCUT2D eigenvalue weighted by atomic mass is 10.4. The average Bonchev–Trinajstić information content (AvgIpc) is 2.41. The van der Waals surface area contributed by atoms with Gasteiger partial charge >= 0.3 is 0 Å². The molecular formula is C13H24N4O2. The van der Waals surface area contributed by atoms with Crippen LogP contribution in [0.5, 0.6) is 0 Å². The third-order valence-electron chi connectivity index (χ3n) is 2.50. The summed E-state index contributed by atoms with van der Waals surface area (Å²) in [4.78, 5) is 25.9. The Morgan fingerprint density at radius 1 is 0.947 bits per heavy atom. The van der Waals surface area contributed by atoms with Crippen LogP contribution < -0.4 is 10.6 Å². The summed E-state index contributed by atoms with van der Waals surface area (Å²) in [6.07, 6.45) is 3.45. The van der Waals surface area contributed by atoms with Crippen molar-refractivity contribution < 1.29 is 9.59 Å². The zero-order valence-corrected chi connectivity index (χ0v) is 11.8. The second-order valence-corrected chi connectivity index (χ2v) is 4.32. The van der Waals surface area contributed by atoms with Crippen LogP contribution in [0, 0.1) is 0 Å². The van der Waals surface area contributed by atoms with Gasteiger partial charge in [-0.1, -0.05) is 13.2 Å². The molecule has 0 aliphatic rings. The molecule has 0 saturated heterocycles. The first-order chi connectivity index (χ1) is 8.99. The summed E-state index contributed by atoms with van der Waals surface area (Å²) in [6.45, 7) is 9.49. The van der Waals surface area contributed by atoms with E-state index in [9.17, 15) is 9.59 Å². The fourth-order valence-corrected chi connectivity index (χ4v) is 1.34. The van der Waals surface area contributed by atoms with Crippen molar-refractivity contribution in [1.29, 1.82) is 0 Å². The predicted octanol–water partition coefficient (Wildman–Crippen LogP) is -0.240. The van der Waals surface area contributed by atoms with Crippen molar-refractivity contribution >= 4 is 11.8 Å². The molecule has 0 aromatic rings. The van der Waals surface area contributed by atoms with Gasteiger partial charge in [0.1, 0.15) is 0 Å². The van der Waals surface area contributed by atoms with Crippen molar-refractivity contribution in [3.05, 3.63) is 25.3 Å². The third kappa shape index (κ3) is 9.99. The molecule has 0 aliphatic heterocycles. The first-order valence-corrected chi connectivity index (χ1v) is 6.17. The highest BCUT2D eigenvalue weighted by atomic mass is 16.2. The molecule has 0 bridgehead atoms. The molecule has 0 rings (SSSR count). The SMILES string of the molecule is C=CC(=O)NCN(C)CCCN(C)CNC(=O)C=C. The van der Waals surface area contributed by atoms with E-state index in [0.717, 1.165) is 19.5 Å². The normalized spacial score (nSPS) is 10.3. The van der Waals surface area contributed by atoms with Crippen molar-refractivity contribution in [2.45, 2.75) is 6.42 Å². The molecule has 6 nitrogen and oxygen atoms in total. The third-order valence-corrected chi connectivity index (χ3v) is 2.50. The minimum Gasteiger partial charge on any atom is -0.340 e. The molecule has 2 N–H and O–H groups in total. The molecule has 0 spiro atoms.